The standard InChI is InChI=1S/C10H8ClF3O2/c11-6-1-2-7(9-15-3-4-16-9)8(5-6)10(12,13)14/h1-2,5,9H,3-4H2. The largest absolute Gasteiger partial charge is 0.416 e. The van der Waals surface area contributed by atoms with Crippen LogP contribution in [0, 0.1) is 0 Å². The van der Waals surface area contributed by atoms with Crippen LogP contribution in [0.5, 0.6) is 0 Å². The molecule has 0 radical (unpaired) electrons. The van der Waals surface area contributed by atoms with Gasteiger partial charge in [0.2, 0.25) is 0 Å². The number of rotatable bonds is 1. The van der Waals surface area contributed by atoms with Crippen LogP contribution in [-0.4, -0.2) is 13.2 Å². The number of halogens is 4. The number of ether oxygens (including phenoxy) is 2. The van der Waals surface area contributed by atoms with Gasteiger partial charge in [0, 0.05) is 10.6 Å². The third-order valence-corrected chi connectivity index (χ3v) is 2.43. The Kier molecular flexibility index (Phi) is 3.10. The first-order valence-corrected chi connectivity index (χ1v) is 4.96. The Labute approximate surface area is 94.9 Å². The van der Waals surface area contributed by atoms with E-state index in [1.165, 1.54) is 12.1 Å². The van der Waals surface area contributed by atoms with Crippen molar-refractivity contribution in [2.24, 2.45) is 0 Å². The second-order valence-corrected chi connectivity index (χ2v) is 3.74. The zero-order valence-corrected chi connectivity index (χ0v) is 8.81. The Bertz CT molecular complexity index is 386. The lowest BCUT2D eigenvalue weighted by Gasteiger charge is -2.16. The third-order valence-electron chi connectivity index (χ3n) is 2.20. The number of alkyl halides is 3. The van der Waals surface area contributed by atoms with Crippen LogP contribution >= 0.6 is 11.6 Å². The maximum Gasteiger partial charge on any atom is 0.416 e. The van der Waals surface area contributed by atoms with Gasteiger partial charge in [-0.25, -0.2) is 0 Å². The Balaban J connectivity index is 2.43. The van der Waals surface area contributed by atoms with Crippen molar-refractivity contribution >= 4 is 11.6 Å². The van der Waals surface area contributed by atoms with Gasteiger partial charge in [0.05, 0.1) is 18.8 Å². The molecule has 0 N–H and O–H groups in total. The molecule has 0 unspecified atom stereocenters. The molecule has 1 aromatic carbocycles. The Morgan fingerprint density at radius 2 is 1.81 bits per heavy atom. The molecular weight excluding hydrogens is 245 g/mol. The summed E-state index contributed by atoms with van der Waals surface area (Å²) in [4.78, 5) is 0. The van der Waals surface area contributed by atoms with Gasteiger partial charge in [-0.3, -0.25) is 0 Å². The highest BCUT2D eigenvalue weighted by Gasteiger charge is 2.36. The number of hydrogen-bond acceptors (Lipinski definition) is 2. The minimum Gasteiger partial charge on any atom is -0.346 e. The monoisotopic (exact) mass is 252 g/mol. The van der Waals surface area contributed by atoms with Crippen molar-refractivity contribution in [1.82, 2.24) is 0 Å². The summed E-state index contributed by atoms with van der Waals surface area (Å²) in [6, 6.07) is 3.54. The van der Waals surface area contributed by atoms with Crippen molar-refractivity contribution in [2.45, 2.75) is 12.5 Å². The first-order chi connectivity index (χ1) is 7.48. The van der Waals surface area contributed by atoms with Gasteiger partial charge in [-0.1, -0.05) is 17.7 Å². The zero-order chi connectivity index (χ0) is 11.8. The highest BCUT2D eigenvalue weighted by atomic mass is 35.5. The molecule has 0 aliphatic carbocycles. The van der Waals surface area contributed by atoms with Crippen molar-refractivity contribution in [2.75, 3.05) is 13.2 Å². The summed E-state index contributed by atoms with van der Waals surface area (Å²) in [5, 5.41) is 0.0362. The van der Waals surface area contributed by atoms with Crippen LogP contribution in [0.15, 0.2) is 18.2 Å². The van der Waals surface area contributed by atoms with Crippen molar-refractivity contribution in [1.29, 1.82) is 0 Å². The molecule has 1 aliphatic rings. The highest BCUT2D eigenvalue weighted by Crippen LogP contribution is 2.38. The Morgan fingerprint density at radius 3 is 2.38 bits per heavy atom. The van der Waals surface area contributed by atoms with Crippen molar-refractivity contribution in [3.05, 3.63) is 34.3 Å². The molecule has 88 valence electrons. The molecule has 0 bridgehead atoms. The molecule has 0 amide bonds. The molecule has 1 aromatic rings. The van der Waals surface area contributed by atoms with Gasteiger partial charge >= 0.3 is 6.18 Å². The smallest absolute Gasteiger partial charge is 0.346 e. The fraction of sp³-hybridized carbons (Fsp3) is 0.400. The van der Waals surface area contributed by atoms with Crippen LogP contribution in [0.3, 0.4) is 0 Å². The van der Waals surface area contributed by atoms with Gasteiger partial charge in [0.1, 0.15) is 0 Å². The van der Waals surface area contributed by atoms with Crippen molar-refractivity contribution in [3.8, 4) is 0 Å². The molecule has 16 heavy (non-hydrogen) atoms. The molecule has 2 nitrogen and oxygen atoms in total. The van der Waals surface area contributed by atoms with Gasteiger partial charge in [-0.15, -0.1) is 0 Å². The molecule has 0 saturated carbocycles. The highest BCUT2D eigenvalue weighted by molar-refractivity contribution is 6.30. The lowest BCUT2D eigenvalue weighted by atomic mass is 10.1. The molecule has 1 aliphatic heterocycles. The molecule has 0 aromatic heterocycles. The summed E-state index contributed by atoms with van der Waals surface area (Å²) in [5.41, 5.74) is -0.846. The summed E-state index contributed by atoms with van der Waals surface area (Å²) in [7, 11) is 0. The van der Waals surface area contributed by atoms with E-state index in [4.69, 9.17) is 21.1 Å². The van der Waals surface area contributed by atoms with E-state index in [2.05, 4.69) is 0 Å². The van der Waals surface area contributed by atoms with Crippen LogP contribution < -0.4 is 0 Å². The summed E-state index contributed by atoms with van der Waals surface area (Å²) in [5.74, 6) is 0. The maximum absolute atomic E-state index is 12.7. The second-order valence-electron chi connectivity index (χ2n) is 3.30. The van der Waals surface area contributed by atoms with E-state index in [1.807, 2.05) is 0 Å². The van der Waals surface area contributed by atoms with Gasteiger partial charge in [-0.05, 0) is 12.1 Å². The molecule has 0 atom stereocenters. The van der Waals surface area contributed by atoms with E-state index < -0.39 is 18.0 Å². The van der Waals surface area contributed by atoms with Crippen LogP contribution in [0.2, 0.25) is 5.02 Å². The topological polar surface area (TPSA) is 18.5 Å². The quantitative estimate of drug-likeness (QED) is 0.763. The van der Waals surface area contributed by atoms with Crippen LogP contribution in [0.4, 0.5) is 13.2 Å². The normalized spacial score (nSPS) is 18.0. The van der Waals surface area contributed by atoms with Gasteiger partial charge < -0.3 is 9.47 Å². The van der Waals surface area contributed by atoms with Crippen molar-refractivity contribution in [3.63, 3.8) is 0 Å². The number of hydrogen-bond donors (Lipinski definition) is 0. The van der Waals surface area contributed by atoms with Gasteiger partial charge in [-0.2, -0.15) is 13.2 Å². The fourth-order valence-electron chi connectivity index (χ4n) is 1.52. The lowest BCUT2D eigenvalue weighted by molar-refractivity contribution is -0.142. The minimum atomic E-state index is -4.46. The van der Waals surface area contributed by atoms with Gasteiger partial charge in [0.15, 0.2) is 6.29 Å². The molecule has 2 rings (SSSR count). The predicted octanol–water partition coefficient (Wildman–Crippen LogP) is 3.40. The molecule has 6 heteroatoms. The first kappa shape index (κ1) is 11.7. The van der Waals surface area contributed by atoms with E-state index >= 15 is 0 Å². The molecule has 1 fully saturated rings. The zero-order valence-electron chi connectivity index (χ0n) is 8.05. The van der Waals surface area contributed by atoms with Crippen LogP contribution in [0.25, 0.3) is 0 Å². The lowest BCUT2D eigenvalue weighted by Crippen LogP contribution is -2.12. The van der Waals surface area contributed by atoms with E-state index in [0.29, 0.717) is 13.2 Å². The predicted molar refractivity (Wildman–Crippen MR) is 51.1 cm³/mol. The molecule has 1 heterocycles. The Morgan fingerprint density at radius 1 is 1.19 bits per heavy atom. The molecular formula is C10H8ClF3O2. The SMILES string of the molecule is FC(F)(F)c1cc(Cl)ccc1C1OCCO1. The van der Waals surface area contributed by atoms with Gasteiger partial charge in [0.25, 0.3) is 0 Å². The summed E-state index contributed by atoms with van der Waals surface area (Å²) < 4.78 is 48.2. The average Bonchev–Trinajstić information content (AvgIpc) is 2.69. The fourth-order valence-corrected chi connectivity index (χ4v) is 1.69. The second kappa shape index (κ2) is 4.24. The summed E-state index contributed by atoms with van der Waals surface area (Å²) in [6.45, 7) is 0.592. The van der Waals surface area contributed by atoms with Crippen molar-refractivity contribution < 1.29 is 22.6 Å². The van der Waals surface area contributed by atoms with Crippen LogP contribution in [0.1, 0.15) is 17.4 Å². The molecule has 1 saturated heterocycles. The number of benzene rings is 1. The van der Waals surface area contributed by atoms with E-state index in [9.17, 15) is 13.2 Å². The van der Waals surface area contributed by atoms with E-state index in [1.54, 1.807) is 0 Å². The van der Waals surface area contributed by atoms with E-state index in [-0.39, 0.29) is 10.6 Å². The first-order valence-electron chi connectivity index (χ1n) is 4.58. The third kappa shape index (κ3) is 2.31. The van der Waals surface area contributed by atoms with E-state index in [0.717, 1.165) is 6.07 Å². The maximum atomic E-state index is 12.7. The Hall–Kier alpha value is -0.780. The summed E-state index contributed by atoms with van der Waals surface area (Å²) in [6.07, 6.45) is -5.41. The summed E-state index contributed by atoms with van der Waals surface area (Å²) >= 11 is 5.55. The average molecular weight is 253 g/mol. The van der Waals surface area contributed by atoms with Crippen LogP contribution in [-0.2, 0) is 15.7 Å². The minimum absolute atomic E-state index is 0.0330. The molecule has 0 spiro atoms.